The molecule has 1 unspecified atom stereocenters. The first-order chi connectivity index (χ1) is 19.8. The molecule has 1 fully saturated rings. The number of ether oxygens (including phenoxy) is 3. The average Bonchev–Trinajstić information content (AvgIpc) is 3.25. The van der Waals surface area contributed by atoms with E-state index in [-0.39, 0.29) is 5.57 Å². The number of amides is 1. The molecule has 1 atom stereocenters. The SMILES string of the molecule is CC[NH+](CC)CCN1C(=O)C(=O)C(=C([O-])c2ccc(OCc3ccccc3)cc2C)C1c1ccc(OC)c(OC)c1. The molecule has 1 aliphatic rings. The van der Waals surface area contributed by atoms with Crippen LogP contribution in [0.2, 0.25) is 0 Å². The molecule has 41 heavy (non-hydrogen) atoms. The van der Waals surface area contributed by atoms with Crippen LogP contribution in [0, 0.1) is 6.92 Å². The number of aryl methyl sites for hydroxylation is 1. The van der Waals surface area contributed by atoms with Crippen molar-refractivity contribution < 1.29 is 33.8 Å². The quantitative estimate of drug-likeness (QED) is 0.209. The Kier molecular flexibility index (Phi) is 9.68. The Balaban J connectivity index is 1.74. The molecule has 0 spiro atoms. The maximum atomic E-state index is 14.0. The largest absolute Gasteiger partial charge is 0.872 e. The Hall–Kier alpha value is -4.30. The van der Waals surface area contributed by atoms with Crippen LogP contribution in [-0.4, -0.2) is 57.0 Å². The molecule has 3 aromatic carbocycles. The van der Waals surface area contributed by atoms with E-state index in [4.69, 9.17) is 14.2 Å². The molecule has 1 aliphatic heterocycles. The van der Waals surface area contributed by atoms with E-state index in [9.17, 15) is 14.7 Å². The van der Waals surface area contributed by atoms with Gasteiger partial charge in [0.1, 0.15) is 12.4 Å². The summed E-state index contributed by atoms with van der Waals surface area (Å²) >= 11 is 0. The number of likely N-dealkylation sites (N-methyl/N-ethyl adjacent to an activating group) is 1. The highest BCUT2D eigenvalue weighted by Gasteiger charge is 2.44. The number of rotatable bonds is 12. The highest BCUT2D eigenvalue weighted by molar-refractivity contribution is 6.46. The third kappa shape index (κ3) is 6.38. The number of Topliss-reactive ketones (excluding diaryl/α,β-unsaturated/α-hetero) is 1. The molecule has 3 aromatic rings. The zero-order valence-corrected chi connectivity index (χ0v) is 24.4. The van der Waals surface area contributed by atoms with Crippen molar-refractivity contribution in [3.63, 3.8) is 0 Å². The van der Waals surface area contributed by atoms with Gasteiger partial charge in [-0.3, -0.25) is 9.59 Å². The minimum Gasteiger partial charge on any atom is -0.872 e. The van der Waals surface area contributed by atoms with E-state index in [1.165, 1.54) is 24.0 Å². The number of likely N-dealkylation sites (tertiary alicyclic amines) is 1. The molecular formula is C33H38N2O6. The second-order valence-corrected chi connectivity index (χ2v) is 10.0. The zero-order valence-electron chi connectivity index (χ0n) is 24.4. The molecule has 4 rings (SSSR count). The standard InChI is InChI=1S/C33H38N2O6/c1-6-34(7-2)17-18-35-30(24-13-16-27(39-4)28(20-24)40-5)29(32(37)33(35)38)31(36)26-15-14-25(19-22(26)3)41-21-23-11-9-8-10-12-23/h8-16,19-20,30,36H,6-7,17-18,21H2,1-5H3. The summed E-state index contributed by atoms with van der Waals surface area (Å²) < 4.78 is 16.8. The summed E-state index contributed by atoms with van der Waals surface area (Å²) in [6.45, 7) is 9.13. The summed E-state index contributed by atoms with van der Waals surface area (Å²) in [4.78, 5) is 29.7. The van der Waals surface area contributed by atoms with E-state index >= 15 is 0 Å². The monoisotopic (exact) mass is 558 g/mol. The molecule has 216 valence electrons. The zero-order chi connectivity index (χ0) is 29.5. The van der Waals surface area contributed by atoms with Gasteiger partial charge in [-0.15, -0.1) is 0 Å². The Morgan fingerprint density at radius 2 is 1.63 bits per heavy atom. The van der Waals surface area contributed by atoms with Crippen LogP contribution in [-0.2, 0) is 16.2 Å². The molecule has 0 saturated carbocycles. The lowest BCUT2D eigenvalue weighted by Crippen LogP contribution is -3.12. The van der Waals surface area contributed by atoms with E-state index in [0.717, 1.165) is 18.7 Å². The summed E-state index contributed by atoms with van der Waals surface area (Å²) in [6.07, 6.45) is 0. The van der Waals surface area contributed by atoms with Crippen molar-refractivity contribution in [1.82, 2.24) is 4.90 Å². The van der Waals surface area contributed by atoms with E-state index in [2.05, 4.69) is 13.8 Å². The van der Waals surface area contributed by atoms with Crippen molar-refractivity contribution in [2.45, 2.75) is 33.4 Å². The van der Waals surface area contributed by atoms with Crippen molar-refractivity contribution in [3.8, 4) is 17.2 Å². The van der Waals surface area contributed by atoms with Gasteiger partial charge in [0.15, 0.2) is 11.5 Å². The Bertz CT molecular complexity index is 1410. The summed E-state index contributed by atoms with van der Waals surface area (Å²) in [7, 11) is 3.06. The third-order valence-electron chi connectivity index (χ3n) is 7.65. The Morgan fingerprint density at radius 1 is 0.927 bits per heavy atom. The lowest BCUT2D eigenvalue weighted by Gasteiger charge is -2.29. The van der Waals surface area contributed by atoms with Gasteiger partial charge in [0.25, 0.3) is 5.91 Å². The highest BCUT2D eigenvalue weighted by atomic mass is 16.5. The van der Waals surface area contributed by atoms with Crippen molar-refractivity contribution in [3.05, 3.63) is 94.6 Å². The summed E-state index contributed by atoms with van der Waals surface area (Å²) in [5.41, 5.74) is 2.60. The van der Waals surface area contributed by atoms with E-state index in [1.54, 1.807) is 43.3 Å². The predicted octanol–water partition coefficient (Wildman–Crippen LogP) is 2.74. The molecule has 0 radical (unpaired) electrons. The molecule has 8 nitrogen and oxygen atoms in total. The lowest BCUT2D eigenvalue weighted by atomic mass is 9.93. The van der Waals surface area contributed by atoms with Crippen LogP contribution in [0.1, 0.15) is 42.1 Å². The Morgan fingerprint density at radius 3 is 2.27 bits per heavy atom. The topological polar surface area (TPSA) is 92.6 Å². The van der Waals surface area contributed by atoms with Gasteiger partial charge < -0.3 is 29.1 Å². The molecular weight excluding hydrogens is 520 g/mol. The van der Waals surface area contributed by atoms with Crippen LogP contribution in [0.25, 0.3) is 5.76 Å². The highest BCUT2D eigenvalue weighted by Crippen LogP contribution is 2.41. The number of ketones is 1. The number of nitrogens with zero attached hydrogens (tertiary/aromatic N) is 1. The molecule has 1 N–H and O–H groups in total. The second kappa shape index (κ2) is 13.4. The van der Waals surface area contributed by atoms with Gasteiger partial charge in [-0.05, 0) is 67.3 Å². The molecule has 8 heteroatoms. The first-order valence-electron chi connectivity index (χ1n) is 13.9. The fraction of sp³-hybridized carbons (Fsp3) is 0.333. The van der Waals surface area contributed by atoms with Crippen LogP contribution in [0.4, 0.5) is 0 Å². The normalized spacial score (nSPS) is 16.3. The van der Waals surface area contributed by atoms with Crippen molar-refractivity contribution in [2.24, 2.45) is 0 Å². The van der Waals surface area contributed by atoms with Crippen LogP contribution in [0.15, 0.2) is 72.3 Å². The fourth-order valence-corrected chi connectivity index (χ4v) is 5.22. The van der Waals surface area contributed by atoms with E-state index < -0.39 is 23.5 Å². The molecule has 0 aromatic heterocycles. The van der Waals surface area contributed by atoms with Crippen molar-refractivity contribution >= 4 is 17.4 Å². The minimum absolute atomic E-state index is 0.0576. The van der Waals surface area contributed by atoms with E-state index in [0.29, 0.717) is 53.6 Å². The molecule has 0 bridgehead atoms. The predicted molar refractivity (Wildman–Crippen MR) is 155 cm³/mol. The lowest BCUT2D eigenvalue weighted by molar-refractivity contribution is -0.895. The summed E-state index contributed by atoms with van der Waals surface area (Å²) in [5.74, 6) is -0.321. The first kappa shape index (κ1) is 29.7. The molecule has 1 saturated heterocycles. The van der Waals surface area contributed by atoms with Crippen LogP contribution in [0.5, 0.6) is 17.2 Å². The molecule has 1 amide bonds. The third-order valence-corrected chi connectivity index (χ3v) is 7.65. The van der Waals surface area contributed by atoms with E-state index in [1.807, 2.05) is 30.3 Å². The number of methoxy groups -OCH3 is 2. The maximum absolute atomic E-state index is 14.0. The smallest absolute Gasteiger partial charge is 0.295 e. The first-order valence-corrected chi connectivity index (χ1v) is 13.9. The van der Waals surface area contributed by atoms with Gasteiger partial charge in [0.05, 0.1) is 46.4 Å². The number of carbonyl (C=O) groups is 2. The van der Waals surface area contributed by atoms with Gasteiger partial charge in [-0.25, -0.2) is 0 Å². The Labute approximate surface area is 241 Å². The number of hydrogen-bond acceptors (Lipinski definition) is 6. The minimum atomic E-state index is -0.842. The molecule has 0 aliphatic carbocycles. The number of quaternary nitrogens is 1. The number of benzene rings is 3. The second-order valence-electron chi connectivity index (χ2n) is 10.0. The van der Waals surface area contributed by atoms with Gasteiger partial charge in [0.2, 0.25) is 5.78 Å². The number of hydrogen-bond donors (Lipinski definition) is 1. The summed E-state index contributed by atoms with van der Waals surface area (Å²) in [6, 6.07) is 19.4. The van der Waals surface area contributed by atoms with Gasteiger partial charge in [0, 0.05) is 5.57 Å². The number of carbonyl (C=O) groups excluding carboxylic acids is 2. The number of nitrogens with one attached hydrogen (secondary N) is 1. The maximum Gasteiger partial charge on any atom is 0.295 e. The molecule has 1 heterocycles. The van der Waals surface area contributed by atoms with Crippen LogP contribution in [0.3, 0.4) is 0 Å². The van der Waals surface area contributed by atoms with Crippen LogP contribution >= 0.6 is 0 Å². The van der Waals surface area contributed by atoms with Gasteiger partial charge in [-0.1, -0.05) is 48.2 Å². The fourth-order valence-electron chi connectivity index (χ4n) is 5.22. The summed E-state index contributed by atoms with van der Waals surface area (Å²) in [5, 5.41) is 14.0. The van der Waals surface area contributed by atoms with Gasteiger partial charge >= 0.3 is 0 Å². The van der Waals surface area contributed by atoms with Crippen molar-refractivity contribution in [1.29, 1.82) is 0 Å². The average molecular weight is 559 g/mol. The van der Waals surface area contributed by atoms with Gasteiger partial charge in [-0.2, -0.15) is 0 Å². The van der Waals surface area contributed by atoms with Crippen molar-refractivity contribution in [2.75, 3.05) is 40.4 Å². The van der Waals surface area contributed by atoms with Crippen LogP contribution < -0.4 is 24.2 Å².